The van der Waals surface area contributed by atoms with Crippen LogP contribution < -0.4 is 10.5 Å². The highest BCUT2D eigenvalue weighted by Gasteiger charge is 2.31. The minimum atomic E-state index is -4.61. The van der Waals surface area contributed by atoms with Gasteiger partial charge in [-0.2, -0.15) is 13.2 Å². The first-order chi connectivity index (χ1) is 11.0. The minimum Gasteiger partial charge on any atom is -0.380 e. The summed E-state index contributed by atoms with van der Waals surface area (Å²) < 4.78 is 74.0. The highest BCUT2D eigenvalue weighted by molar-refractivity contribution is 9.10. The highest BCUT2D eigenvalue weighted by Crippen LogP contribution is 2.31. The van der Waals surface area contributed by atoms with Crippen molar-refractivity contribution >= 4 is 31.6 Å². The van der Waals surface area contributed by atoms with Gasteiger partial charge in [-0.25, -0.2) is 17.9 Å². The smallest absolute Gasteiger partial charge is 0.380 e. The number of hydrogen-bond acceptors (Lipinski definition) is 3. The summed E-state index contributed by atoms with van der Waals surface area (Å²) in [5, 5.41) is 7.80. The molecule has 3 N–H and O–H groups in total. The van der Waals surface area contributed by atoms with Crippen LogP contribution in [0.2, 0.25) is 0 Å². The second-order valence-corrected chi connectivity index (χ2v) is 7.26. The highest BCUT2D eigenvalue weighted by atomic mass is 79.9. The van der Waals surface area contributed by atoms with Gasteiger partial charge in [0, 0.05) is 22.3 Å². The topological polar surface area (TPSA) is 72.2 Å². The molecule has 0 atom stereocenters. The Morgan fingerprint density at radius 2 is 1.76 bits per heavy atom. The molecule has 0 aliphatic rings. The standard InChI is InChI=1S/C14H11BrF4N2O2S.CH4/c15-11-6-10(24(20,22)23)3-4-13(11)21-7-8-1-2-9(5-12(8)16)14(17,18)19;/h1-6,21H,7H2,(H2,20,22,23);1H4. The molecule has 0 aromatic heterocycles. The molecule has 0 aliphatic carbocycles. The monoisotopic (exact) mass is 442 g/mol. The molecule has 2 aromatic carbocycles. The molecule has 0 saturated carbocycles. The molecule has 0 bridgehead atoms. The van der Waals surface area contributed by atoms with Crippen LogP contribution in [0.3, 0.4) is 0 Å². The van der Waals surface area contributed by atoms with E-state index in [1.165, 1.54) is 18.2 Å². The third kappa shape index (κ3) is 5.41. The maximum atomic E-state index is 13.8. The lowest BCUT2D eigenvalue weighted by Gasteiger charge is -2.12. The first-order valence-electron chi connectivity index (χ1n) is 6.40. The second kappa shape index (κ2) is 7.71. The predicted molar refractivity (Wildman–Crippen MR) is 91.0 cm³/mol. The second-order valence-electron chi connectivity index (χ2n) is 4.84. The summed E-state index contributed by atoms with van der Waals surface area (Å²) in [5.74, 6) is -0.991. The largest absolute Gasteiger partial charge is 0.416 e. The van der Waals surface area contributed by atoms with Crippen LogP contribution in [0.4, 0.5) is 23.2 Å². The normalized spacial score (nSPS) is 11.8. The van der Waals surface area contributed by atoms with E-state index >= 15 is 0 Å². The average Bonchev–Trinajstić information content (AvgIpc) is 2.45. The molecule has 138 valence electrons. The molecule has 0 saturated heterocycles. The maximum absolute atomic E-state index is 13.8. The maximum Gasteiger partial charge on any atom is 0.416 e. The molecule has 25 heavy (non-hydrogen) atoms. The molecule has 4 nitrogen and oxygen atoms in total. The van der Waals surface area contributed by atoms with Crippen LogP contribution >= 0.6 is 15.9 Å². The molecular weight excluding hydrogens is 428 g/mol. The summed E-state index contributed by atoms with van der Waals surface area (Å²) in [6.45, 7) is -0.0860. The van der Waals surface area contributed by atoms with Crippen molar-refractivity contribution in [3.8, 4) is 0 Å². The van der Waals surface area contributed by atoms with Crippen LogP contribution in [0.1, 0.15) is 18.6 Å². The van der Waals surface area contributed by atoms with Gasteiger partial charge in [-0.1, -0.05) is 13.5 Å². The predicted octanol–water partition coefficient (Wildman–Crippen LogP) is 4.50. The molecule has 0 amide bonds. The van der Waals surface area contributed by atoms with Gasteiger partial charge in [0.1, 0.15) is 5.82 Å². The van der Waals surface area contributed by atoms with Crippen LogP contribution in [0, 0.1) is 5.82 Å². The Hall–Kier alpha value is -1.65. The SMILES string of the molecule is C.NS(=O)(=O)c1ccc(NCc2ccc(C(F)(F)F)cc2F)c(Br)c1. The number of sulfonamides is 1. The Morgan fingerprint density at radius 3 is 2.24 bits per heavy atom. The van der Waals surface area contributed by atoms with Gasteiger partial charge in [0.15, 0.2) is 0 Å². The van der Waals surface area contributed by atoms with E-state index in [1.807, 2.05) is 0 Å². The first kappa shape index (κ1) is 21.4. The van der Waals surface area contributed by atoms with E-state index in [-0.39, 0.29) is 24.4 Å². The fraction of sp³-hybridized carbons (Fsp3) is 0.200. The molecule has 10 heteroatoms. The fourth-order valence-electron chi connectivity index (χ4n) is 1.87. The van der Waals surface area contributed by atoms with E-state index in [0.717, 1.165) is 12.1 Å². The third-order valence-corrected chi connectivity index (χ3v) is 4.69. The summed E-state index contributed by atoms with van der Waals surface area (Å²) in [7, 11) is -3.86. The number of hydrogen-bond donors (Lipinski definition) is 2. The van der Waals surface area contributed by atoms with Crippen LogP contribution in [0.5, 0.6) is 0 Å². The number of benzene rings is 2. The molecule has 0 heterocycles. The van der Waals surface area contributed by atoms with E-state index in [4.69, 9.17) is 5.14 Å². The van der Waals surface area contributed by atoms with Crippen molar-refractivity contribution in [3.63, 3.8) is 0 Å². The van der Waals surface area contributed by atoms with E-state index in [1.54, 1.807) is 0 Å². The van der Waals surface area contributed by atoms with Gasteiger partial charge < -0.3 is 5.32 Å². The van der Waals surface area contributed by atoms with Crippen molar-refractivity contribution in [2.24, 2.45) is 5.14 Å². The van der Waals surface area contributed by atoms with Crippen molar-refractivity contribution in [1.82, 2.24) is 0 Å². The Bertz CT molecular complexity index is 870. The lowest BCUT2D eigenvalue weighted by molar-refractivity contribution is -0.137. The van der Waals surface area contributed by atoms with Crippen molar-refractivity contribution in [2.75, 3.05) is 5.32 Å². The molecule has 2 rings (SSSR count). The van der Waals surface area contributed by atoms with Gasteiger partial charge in [0.05, 0.1) is 10.5 Å². The first-order valence-corrected chi connectivity index (χ1v) is 8.74. The number of rotatable bonds is 4. The third-order valence-electron chi connectivity index (χ3n) is 3.12. The molecule has 0 unspecified atom stereocenters. The summed E-state index contributed by atoms with van der Waals surface area (Å²) in [4.78, 5) is -0.111. The molecular formula is C15H15BrF4N2O2S. The number of alkyl halides is 3. The van der Waals surface area contributed by atoms with Crippen molar-refractivity contribution < 1.29 is 26.0 Å². The number of primary sulfonamides is 1. The van der Waals surface area contributed by atoms with Crippen molar-refractivity contribution in [2.45, 2.75) is 25.0 Å². The molecule has 0 spiro atoms. The lowest BCUT2D eigenvalue weighted by Crippen LogP contribution is -2.12. The van der Waals surface area contributed by atoms with E-state index in [2.05, 4.69) is 21.2 Å². The van der Waals surface area contributed by atoms with Crippen LogP contribution in [-0.2, 0) is 22.7 Å². The van der Waals surface area contributed by atoms with Gasteiger partial charge in [-0.05, 0) is 46.3 Å². The molecule has 2 aromatic rings. The van der Waals surface area contributed by atoms with Gasteiger partial charge in [-0.15, -0.1) is 0 Å². The average molecular weight is 443 g/mol. The zero-order valence-electron chi connectivity index (χ0n) is 11.9. The molecule has 0 radical (unpaired) electrons. The molecule has 0 fully saturated rings. The van der Waals surface area contributed by atoms with Crippen molar-refractivity contribution in [3.05, 3.63) is 57.8 Å². The Morgan fingerprint density at radius 1 is 1.12 bits per heavy atom. The Labute approximate surface area is 151 Å². The number of nitrogens with two attached hydrogens (primary N) is 1. The minimum absolute atomic E-state index is 0. The Balaban J connectivity index is 0.00000312. The number of anilines is 1. The number of halogens is 5. The zero-order valence-corrected chi connectivity index (χ0v) is 14.3. The summed E-state index contributed by atoms with van der Waals surface area (Å²) in [5.41, 5.74) is -0.602. The van der Waals surface area contributed by atoms with Crippen LogP contribution in [0.25, 0.3) is 0 Å². The fourth-order valence-corrected chi connectivity index (χ4v) is 3.08. The quantitative estimate of drug-likeness (QED) is 0.684. The number of nitrogens with one attached hydrogen (secondary N) is 1. The van der Waals surface area contributed by atoms with Crippen LogP contribution in [0.15, 0.2) is 45.8 Å². The summed E-state index contributed by atoms with van der Waals surface area (Å²) >= 11 is 3.14. The zero-order chi connectivity index (χ0) is 18.1. The van der Waals surface area contributed by atoms with Crippen molar-refractivity contribution in [1.29, 1.82) is 0 Å². The van der Waals surface area contributed by atoms with Gasteiger partial charge in [0.25, 0.3) is 0 Å². The van der Waals surface area contributed by atoms with Gasteiger partial charge in [0.2, 0.25) is 10.0 Å². The van der Waals surface area contributed by atoms with Crippen LogP contribution in [-0.4, -0.2) is 8.42 Å². The van der Waals surface area contributed by atoms with E-state index in [9.17, 15) is 26.0 Å². The van der Waals surface area contributed by atoms with Gasteiger partial charge >= 0.3 is 6.18 Å². The van der Waals surface area contributed by atoms with E-state index < -0.39 is 27.6 Å². The van der Waals surface area contributed by atoms with Gasteiger partial charge in [-0.3, -0.25) is 0 Å². The lowest BCUT2D eigenvalue weighted by atomic mass is 10.1. The Kier molecular flexibility index (Phi) is 6.60. The summed E-state index contributed by atoms with van der Waals surface area (Å²) in [6.07, 6.45) is -4.61. The van der Waals surface area contributed by atoms with E-state index in [0.29, 0.717) is 16.2 Å². The molecule has 0 aliphatic heterocycles. The summed E-state index contributed by atoms with van der Waals surface area (Å²) in [6, 6.07) is 6.19.